The van der Waals surface area contributed by atoms with Crippen LogP contribution < -0.4 is 10.6 Å². The van der Waals surface area contributed by atoms with Crippen LogP contribution in [0.5, 0.6) is 0 Å². The fourth-order valence-corrected chi connectivity index (χ4v) is 1.16. The van der Waals surface area contributed by atoms with Crippen LogP contribution in [-0.4, -0.2) is 35.5 Å². The van der Waals surface area contributed by atoms with Crippen molar-refractivity contribution in [1.29, 1.82) is 0 Å². The summed E-state index contributed by atoms with van der Waals surface area (Å²) in [5.41, 5.74) is 0. The number of carbonyl (C=O) groups is 1. The first-order chi connectivity index (χ1) is 6.84. The van der Waals surface area contributed by atoms with Crippen LogP contribution in [0.15, 0.2) is 18.3 Å². The van der Waals surface area contributed by atoms with Crippen molar-refractivity contribution in [3.63, 3.8) is 0 Å². The minimum Gasteiger partial charge on any atom is -0.442 e. The number of carbonyl (C=O) groups excluding carboxylic acids is 1. The molecule has 0 aromatic carbocycles. The van der Waals surface area contributed by atoms with E-state index in [2.05, 4.69) is 20.8 Å². The van der Waals surface area contributed by atoms with Crippen molar-refractivity contribution in [2.75, 3.05) is 18.4 Å². The van der Waals surface area contributed by atoms with Gasteiger partial charge >= 0.3 is 6.09 Å². The average Bonchev–Trinajstić information content (AvgIpc) is 2.63. The van der Waals surface area contributed by atoms with Gasteiger partial charge in [-0.05, 0) is 12.1 Å². The highest BCUT2D eigenvalue weighted by Gasteiger charge is 2.21. The average molecular weight is 194 g/mol. The molecule has 1 aromatic heterocycles. The number of aromatic nitrogens is 2. The Labute approximate surface area is 80.7 Å². The summed E-state index contributed by atoms with van der Waals surface area (Å²) in [6.45, 7) is 1.07. The highest BCUT2D eigenvalue weighted by molar-refractivity contribution is 5.69. The molecule has 2 rings (SSSR count). The zero-order chi connectivity index (χ0) is 9.80. The predicted octanol–water partition coefficient (Wildman–Crippen LogP) is -0.00310. The lowest BCUT2D eigenvalue weighted by molar-refractivity contribution is 0.145. The Balaban J connectivity index is 1.80. The molecule has 6 heteroatoms. The summed E-state index contributed by atoms with van der Waals surface area (Å²) in [7, 11) is 0. The second kappa shape index (κ2) is 3.91. The van der Waals surface area contributed by atoms with Gasteiger partial charge in [0.15, 0.2) is 0 Å². The standard InChI is InChI=1S/C8H10N4O2/c13-8-10-5-6(14-8)4-9-7-2-1-3-11-12-7/h1-3,6H,4-5H2,(H,9,12)(H,10,13)/t6-/m0/s1. The molecule has 0 spiro atoms. The highest BCUT2D eigenvalue weighted by Crippen LogP contribution is 2.02. The SMILES string of the molecule is O=C1NC[C@H](CNc2cccnn2)O1. The van der Waals surface area contributed by atoms with Crippen molar-refractivity contribution < 1.29 is 9.53 Å². The number of ether oxygens (including phenoxy) is 1. The number of cyclic esters (lactones) is 1. The monoisotopic (exact) mass is 194 g/mol. The fraction of sp³-hybridized carbons (Fsp3) is 0.375. The lowest BCUT2D eigenvalue weighted by atomic mass is 10.3. The number of rotatable bonds is 3. The van der Waals surface area contributed by atoms with Gasteiger partial charge < -0.3 is 15.4 Å². The number of alkyl carbamates (subject to hydrolysis) is 1. The van der Waals surface area contributed by atoms with Gasteiger partial charge in [0, 0.05) is 6.20 Å². The largest absolute Gasteiger partial charge is 0.442 e. The summed E-state index contributed by atoms with van der Waals surface area (Å²) in [6.07, 6.45) is 1.10. The lowest BCUT2D eigenvalue weighted by Gasteiger charge is -2.08. The number of hydrogen-bond donors (Lipinski definition) is 2. The van der Waals surface area contributed by atoms with E-state index < -0.39 is 0 Å². The molecule has 1 saturated heterocycles. The molecule has 1 aromatic rings. The van der Waals surface area contributed by atoms with Gasteiger partial charge in [-0.15, -0.1) is 5.10 Å². The lowest BCUT2D eigenvalue weighted by Crippen LogP contribution is -2.23. The van der Waals surface area contributed by atoms with Crippen LogP contribution in [-0.2, 0) is 4.74 Å². The van der Waals surface area contributed by atoms with Gasteiger partial charge in [0.25, 0.3) is 0 Å². The molecule has 1 atom stereocenters. The normalized spacial score (nSPS) is 20.0. The summed E-state index contributed by atoms with van der Waals surface area (Å²) in [5, 5.41) is 13.1. The van der Waals surface area contributed by atoms with Crippen LogP contribution >= 0.6 is 0 Å². The Morgan fingerprint density at radius 3 is 3.29 bits per heavy atom. The number of hydrogen-bond acceptors (Lipinski definition) is 5. The molecule has 1 amide bonds. The minimum absolute atomic E-state index is 0.135. The maximum atomic E-state index is 10.7. The number of anilines is 1. The Morgan fingerprint density at radius 2 is 2.64 bits per heavy atom. The summed E-state index contributed by atoms with van der Waals surface area (Å²) >= 11 is 0. The first-order valence-electron chi connectivity index (χ1n) is 4.30. The molecule has 1 aliphatic heterocycles. The van der Waals surface area contributed by atoms with Gasteiger partial charge in [-0.1, -0.05) is 0 Å². The van der Waals surface area contributed by atoms with Gasteiger partial charge in [-0.25, -0.2) is 4.79 Å². The summed E-state index contributed by atoms with van der Waals surface area (Å²) < 4.78 is 4.92. The molecule has 74 valence electrons. The molecule has 0 saturated carbocycles. The Morgan fingerprint density at radius 1 is 1.71 bits per heavy atom. The first-order valence-corrected chi connectivity index (χ1v) is 4.30. The third-order valence-corrected chi connectivity index (χ3v) is 1.83. The van der Waals surface area contributed by atoms with Gasteiger partial charge in [0.05, 0.1) is 13.1 Å². The molecule has 2 heterocycles. The van der Waals surface area contributed by atoms with Crippen LogP contribution in [0.2, 0.25) is 0 Å². The second-order valence-corrected chi connectivity index (χ2v) is 2.90. The van der Waals surface area contributed by atoms with E-state index in [4.69, 9.17) is 4.74 Å². The summed E-state index contributed by atoms with van der Waals surface area (Å²) in [4.78, 5) is 10.7. The smallest absolute Gasteiger partial charge is 0.407 e. The van der Waals surface area contributed by atoms with Crippen LogP contribution in [0, 0.1) is 0 Å². The maximum absolute atomic E-state index is 10.7. The van der Waals surface area contributed by atoms with Crippen molar-refractivity contribution in [3.8, 4) is 0 Å². The van der Waals surface area contributed by atoms with Crippen LogP contribution in [0.3, 0.4) is 0 Å². The van der Waals surface area contributed by atoms with E-state index >= 15 is 0 Å². The van der Waals surface area contributed by atoms with Crippen molar-refractivity contribution >= 4 is 11.9 Å². The zero-order valence-corrected chi connectivity index (χ0v) is 7.43. The molecule has 0 unspecified atom stereocenters. The van der Waals surface area contributed by atoms with Crippen molar-refractivity contribution in [2.45, 2.75) is 6.10 Å². The van der Waals surface area contributed by atoms with Gasteiger partial charge in [-0.2, -0.15) is 5.10 Å². The fourth-order valence-electron chi connectivity index (χ4n) is 1.16. The number of nitrogens with one attached hydrogen (secondary N) is 2. The van der Waals surface area contributed by atoms with Crippen molar-refractivity contribution in [3.05, 3.63) is 18.3 Å². The highest BCUT2D eigenvalue weighted by atomic mass is 16.6. The molecule has 0 radical (unpaired) electrons. The van der Waals surface area contributed by atoms with Gasteiger partial charge in [0.2, 0.25) is 0 Å². The molecule has 2 N–H and O–H groups in total. The first kappa shape index (κ1) is 8.74. The van der Waals surface area contributed by atoms with E-state index in [1.165, 1.54) is 0 Å². The third kappa shape index (κ3) is 2.09. The third-order valence-electron chi connectivity index (χ3n) is 1.83. The van der Waals surface area contributed by atoms with Crippen LogP contribution in [0.1, 0.15) is 0 Å². The quantitative estimate of drug-likeness (QED) is 0.708. The molecule has 0 aliphatic carbocycles. The van der Waals surface area contributed by atoms with E-state index in [1.807, 2.05) is 0 Å². The molecular weight excluding hydrogens is 184 g/mol. The molecular formula is C8H10N4O2. The Kier molecular flexibility index (Phi) is 2.44. The van der Waals surface area contributed by atoms with Gasteiger partial charge in [0.1, 0.15) is 11.9 Å². The summed E-state index contributed by atoms with van der Waals surface area (Å²) in [6, 6.07) is 3.59. The minimum atomic E-state index is -0.365. The van der Waals surface area contributed by atoms with E-state index in [0.717, 1.165) is 0 Å². The van der Waals surface area contributed by atoms with Crippen molar-refractivity contribution in [1.82, 2.24) is 15.5 Å². The van der Waals surface area contributed by atoms with E-state index in [9.17, 15) is 4.79 Å². The maximum Gasteiger partial charge on any atom is 0.407 e. The number of amides is 1. The Bertz CT molecular complexity index is 316. The van der Waals surface area contributed by atoms with E-state index in [0.29, 0.717) is 18.9 Å². The molecule has 14 heavy (non-hydrogen) atoms. The van der Waals surface area contributed by atoms with Crippen LogP contribution in [0.4, 0.5) is 10.6 Å². The Hall–Kier alpha value is -1.85. The molecule has 1 fully saturated rings. The topological polar surface area (TPSA) is 76.1 Å². The van der Waals surface area contributed by atoms with Crippen molar-refractivity contribution in [2.24, 2.45) is 0 Å². The predicted molar refractivity (Wildman–Crippen MR) is 48.8 cm³/mol. The van der Waals surface area contributed by atoms with E-state index in [1.54, 1.807) is 18.3 Å². The zero-order valence-electron chi connectivity index (χ0n) is 7.43. The molecule has 0 bridgehead atoms. The molecule has 1 aliphatic rings. The summed E-state index contributed by atoms with van der Waals surface area (Å²) in [5.74, 6) is 0.676. The second-order valence-electron chi connectivity index (χ2n) is 2.90. The number of nitrogens with zero attached hydrogens (tertiary/aromatic N) is 2. The molecule has 6 nitrogen and oxygen atoms in total. The van der Waals surface area contributed by atoms with Crippen LogP contribution in [0.25, 0.3) is 0 Å². The van der Waals surface area contributed by atoms with E-state index in [-0.39, 0.29) is 12.2 Å². The van der Waals surface area contributed by atoms with Gasteiger partial charge in [-0.3, -0.25) is 0 Å².